The average Bonchev–Trinajstić information content (AvgIpc) is 2.24. The van der Waals surface area contributed by atoms with Crippen LogP contribution >= 0.6 is 0 Å². The van der Waals surface area contributed by atoms with E-state index in [4.69, 9.17) is 4.74 Å². The first kappa shape index (κ1) is 14.9. The molecule has 0 saturated heterocycles. The Bertz CT molecular complexity index is 372. The summed E-state index contributed by atoms with van der Waals surface area (Å²) in [6.45, 7) is 10.2. The van der Waals surface area contributed by atoms with E-state index >= 15 is 0 Å². The molecule has 0 fully saturated rings. The van der Waals surface area contributed by atoms with E-state index in [1.54, 1.807) is 7.11 Å². The van der Waals surface area contributed by atoms with Gasteiger partial charge in [-0.2, -0.15) is 0 Å². The third-order valence-corrected chi connectivity index (χ3v) is 2.36. The van der Waals surface area contributed by atoms with Crippen LogP contribution in [0.15, 0.2) is 6.07 Å². The lowest BCUT2D eigenvalue weighted by atomic mass is 9.92. The normalized spacial score (nSPS) is 11.6. The third kappa shape index (κ3) is 5.45. The summed E-state index contributed by atoms with van der Waals surface area (Å²) in [5.74, 6) is 1.79. The van der Waals surface area contributed by atoms with Gasteiger partial charge in [-0.3, -0.25) is 0 Å². The highest BCUT2D eigenvalue weighted by Crippen LogP contribution is 2.19. The lowest BCUT2D eigenvalue weighted by Gasteiger charge is -2.18. The van der Waals surface area contributed by atoms with Crippen molar-refractivity contribution in [3.8, 4) is 0 Å². The van der Waals surface area contributed by atoms with E-state index in [-0.39, 0.29) is 5.41 Å². The number of anilines is 1. The van der Waals surface area contributed by atoms with Crippen LogP contribution in [-0.4, -0.2) is 23.6 Å². The number of hydrogen-bond acceptors (Lipinski definition) is 4. The minimum absolute atomic E-state index is 0.188. The average molecular weight is 251 g/mol. The SMILES string of the molecule is CCCNc1cc(COC)nc(CC(C)(C)C)n1. The predicted molar refractivity (Wildman–Crippen MR) is 74.7 cm³/mol. The molecule has 4 nitrogen and oxygen atoms in total. The lowest BCUT2D eigenvalue weighted by molar-refractivity contribution is 0.181. The van der Waals surface area contributed by atoms with Crippen molar-refractivity contribution < 1.29 is 4.74 Å². The van der Waals surface area contributed by atoms with Crippen LogP contribution in [0.1, 0.15) is 45.6 Å². The summed E-state index contributed by atoms with van der Waals surface area (Å²) in [5, 5.41) is 3.31. The molecule has 0 saturated carbocycles. The fourth-order valence-corrected chi connectivity index (χ4v) is 1.67. The smallest absolute Gasteiger partial charge is 0.131 e. The van der Waals surface area contributed by atoms with Gasteiger partial charge in [-0.05, 0) is 11.8 Å². The minimum atomic E-state index is 0.188. The van der Waals surface area contributed by atoms with Crippen molar-refractivity contribution in [2.45, 2.75) is 47.1 Å². The molecule has 0 aliphatic heterocycles. The molecule has 1 rings (SSSR count). The number of hydrogen-bond donors (Lipinski definition) is 1. The molecule has 0 aromatic carbocycles. The fraction of sp³-hybridized carbons (Fsp3) is 0.714. The van der Waals surface area contributed by atoms with Gasteiger partial charge in [-0.15, -0.1) is 0 Å². The van der Waals surface area contributed by atoms with Gasteiger partial charge < -0.3 is 10.1 Å². The maximum atomic E-state index is 5.15. The van der Waals surface area contributed by atoms with Gasteiger partial charge in [-0.1, -0.05) is 27.7 Å². The lowest BCUT2D eigenvalue weighted by Crippen LogP contribution is -2.14. The molecule has 0 spiro atoms. The highest BCUT2D eigenvalue weighted by molar-refractivity contribution is 5.36. The molecule has 0 aliphatic rings. The van der Waals surface area contributed by atoms with Gasteiger partial charge in [0.05, 0.1) is 12.3 Å². The second-order valence-electron chi connectivity index (χ2n) is 5.76. The zero-order valence-electron chi connectivity index (χ0n) is 12.2. The van der Waals surface area contributed by atoms with Crippen molar-refractivity contribution in [3.05, 3.63) is 17.6 Å². The van der Waals surface area contributed by atoms with E-state index in [1.165, 1.54) is 0 Å². The Morgan fingerprint density at radius 2 is 2.00 bits per heavy atom. The molecule has 0 bridgehead atoms. The topological polar surface area (TPSA) is 47.0 Å². The molecule has 0 radical (unpaired) electrons. The third-order valence-electron chi connectivity index (χ3n) is 2.36. The van der Waals surface area contributed by atoms with Crippen LogP contribution < -0.4 is 5.32 Å². The zero-order valence-corrected chi connectivity index (χ0v) is 12.2. The Balaban J connectivity index is 2.90. The number of nitrogens with one attached hydrogen (secondary N) is 1. The highest BCUT2D eigenvalue weighted by Gasteiger charge is 2.14. The molecule has 1 N–H and O–H groups in total. The Morgan fingerprint density at radius 1 is 1.28 bits per heavy atom. The standard InChI is InChI=1S/C14H25N3O/c1-6-7-15-12-8-11(10-18-5)16-13(17-12)9-14(2,3)4/h8H,6-7,9-10H2,1-5H3,(H,15,16,17). The van der Waals surface area contributed by atoms with E-state index in [2.05, 4.69) is 43.0 Å². The van der Waals surface area contributed by atoms with Gasteiger partial charge in [0, 0.05) is 26.1 Å². The maximum absolute atomic E-state index is 5.15. The molecule has 0 amide bonds. The van der Waals surface area contributed by atoms with E-state index in [1.807, 2.05) is 6.07 Å². The molecule has 0 atom stereocenters. The Labute approximate surface area is 110 Å². The maximum Gasteiger partial charge on any atom is 0.131 e. The number of ether oxygens (including phenoxy) is 1. The predicted octanol–water partition coefficient (Wildman–Crippen LogP) is 3.03. The molecule has 4 heteroatoms. The van der Waals surface area contributed by atoms with Gasteiger partial charge in [0.25, 0.3) is 0 Å². The summed E-state index contributed by atoms with van der Waals surface area (Å²) in [5.41, 5.74) is 1.12. The van der Waals surface area contributed by atoms with Crippen molar-refractivity contribution >= 4 is 5.82 Å². The molecular formula is C14H25N3O. The summed E-state index contributed by atoms with van der Waals surface area (Å²) in [4.78, 5) is 9.10. The van der Waals surface area contributed by atoms with E-state index < -0.39 is 0 Å². The monoisotopic (exact) mass is 251 g/mol. The zero-order chi connectivity index (χ0) is 13.6. The number of rotatable bonds is 6. The second-order valence-corrected chi connectivity index (χ2v) is 5.76. The number of aromatic nitrogens is 2. The summed E-state index contributed by atoms with van der Waals surface area (Å²) in [6.07, 6.45) is 1.95. The van der Waals surface area contributed by atoms with Crippen molar-refractivity contribution in [2.75, 3.05) is 19.0 Å². The van der Waals surface area contributed by atoms with Crippen LogP contribution in [0.5, 0.6) is 0 Å². The molecule has 102 valence electrons. The molecule has 1 heterocycles. The van der Waals surface area contributed by atoms with E-state index in [9.17, 15) is 0 Å². The molecular weight excluding hydrogens is 226 g/mol. The van der Waals surface area contributed by atoms with Gasteiger partial charge in [0.2, 0.25) is 0 Å². The van der Waals surface area contributed by atoms with Gasteiger partial charge >= 0.3 is 0 Å². The fourth-order valence-electron chi connectivity index (χ4n) is 1.67. The van der Waals surface area contributed by atoms with Crippen molar-refractivity contribution in [2.24, 2.45) is 5.41 Å². The highest BCUT2D eigenvalue weighted by atomic mass is 16.5. The van der Waals surface area contributed by atoms with Crippen LogP contribution in [0.3, 0.4) is 0 Å². The summed E-state index contributed by atoms with van der Waals surface area (Å²) < 4.78 is 5.15. The number of nitrogens with zero attached hydrogens (tertiary/aromatic N) is 2. The molecule has 1 aromatic rings. The van der Waals surface area contributed by atoms with Crippen molar-refractivity contribution in [1.82, 2.24) is 9.97 Å². The van der Waals surface area contributed by atoms with Crippen LogP contribution in [0.25, 0.3) is 0 Å². The Morgan fingerprint density at radius 3 is 2.56 bits per heavy atom. The van der Waals surface area contributed by atoms with Crippen LogP contribution in [0.2, 0.25) is 0 Å². The summed E-state index contributed by atoms with van der Waals surface area (Å²) in [6, 6.07) is 1.96. The Hall–Kier alpha value is -1.16. The quantitative estimate of drug-likeness (QED) is 0.844. The first-order chi connectivity index (χ1) is 8.44. The molecule has 0 aliphatic carbocycles. The second kappa shape index (κ2) is 6.69. The first-order valence-corrected chi connectivity index (χ1v) is 6.54. The van der Waals surface area contributed by atoms with Crippen LogP contribution in [-0.2, 0) is 17.8 Å². The number of methoxy groups -OCH3 is 1. The molecule has 18 heavy (non-hydrogen) atoms. The van der Waals surface area contributed by atoms with Gasteiger partial charge in [0.1, 0.15) is 11.6 Å². The van der Waals surface area contributed by atoms with Crippen molar-refractivity contribution in [1.29, 1.82) is 0 Å². The largest absolute Gasteiger partial charge is 0.378 e. The summed E-state index contributed by atoms with van der Waals surface area (Å²) in [7, 11) is 1.69. The van der Waals surface area contributed by atoms with Crippen LogP contribution in [0.4, 0.5) is 5.82 Å². The van der Waals surface area contributed by atoms with E-state index in [0.29, 0.717) is 6.61 Å². The molecule has 1 aromatic heterocycles. The minimum Gasteiger partial charge on any atom is -0.378 e. The van der Waals surface area contributed by atoms with Crippen LogP contribution in [0, 0.1) is 5.41 Å². The van der Waals surface area contributed by atoms with Gasteiger partial charge in [0.15, 0.2) is 0 Å². The van der Waals surface area contributed by atoms with E-state index in [0.717, 1.165) is 36.7 Å². The summed E-state index contributed by atoms with van der Waals surface area (Å²) >= 11 is 0. The molecule has 0 unspecified atom stereocenters. The van der Waals surface area contributed by atoms with Crippen molar-refractivity contribution in [3.63, 3.8) is 0 Å². The first-order valence-electron chi connectivity index (χ1n) is 6.54. The Kier molecular flexibility index (Phi) is 5.54. The van der Waals surface area contributed by atoms with Gasteiger partial charge in [-0.25, -0.2) is 9.97 Å².